The molecule has 0 saturated heterocycles. The van der Waals surface area contributed by atoms with Crippen molar-refractivity contribution in [2.75, 3.05) is 26.0 Å². The average molecular weight is 442 g/mol. The molecule has 5 fully saturated rings. The molecule has 5 aliphatic carbocycles. The SMILES string of the molecule is CN(C)C(=O)CNc1ncc(C(=O)N[C@H]2C3CC4CC2C[C@@](O)(C4)C3)c(C2CCCC2)n1. The Morgan fingerprint density at radius 3 is 2.47 bits per heavy atom. The summed E-state index contributed by atoms with van der Waals surface area (Å²) < 4.78 is 0. The minimum atomic E-state index is -0.507. The number of likely N-dealkylation sites (N-methyl/N-ethyl adjacent to an activating group) is 1. The van der Waals surface area contributed by atoms with Gasteiger partial charge in [-0.15, -0.1) is 0 Å². The number of aromatic nitrogens is 2. The van der Waals surface area contributed by atoms with Crippen molar-refractivity contribution >= 4 is 17.8 Å². The van der Waals surface area contributed by atoms with Crippen LogP contribution in [0, 0.1) is 17.8 Å². The van der Waals surface area contributed by atoms with Gasteiger partial charge in [-0.3, -0.25) is 9.59 Å². The van der Waals surface area contributed by atoms with Crippen LogP contribution >= 0.6 is 0 Å². The molecule has 5 saturated carbocycles. The Morgan fingerprint density at radius 1 is 1.16 bits per heavy atom. The van der Waals surface area contributed by atoms with Crippen LogP contribution in [0.1, 0.15) is 79.8 Å². The zero-order valence-corrected chi connectivity index (χ0v) is 19.1. The first kappa shape index (κ1) is 21.6. The summed E-state index contributed by atoms with van der Waals surface area (Å²) in [5.41, 5.74) is 0.860. The number of nitrogens with zero attached hydrogens (tertiary/aromatic N) is 3. The molecule has 0 radical (unpaired) electrons. The summed E-state index contributed by atoms with van der Waals surface area (Å²) >= 11 is 0. The van der Waals surface area contributed by atoms with Crippen LogP contribution in [-0.4, -0.2) is 64.1 Å². The zero-order valence-electron chi connectivity index (χ0n) is 19.1. The molecule has 0 spiro atoms. The summed E-state index contributed by atoms with van der Waals surface area (Å²) in [6.07, 6.45) is 10.7. The van der Waals surface area contributed by atoms with Crippen LogP contribution in [0.5, 0.6) is 0 Å². The van der Waals surface area contributed by atoms with E-state index >= 15 is 0 Å². The first-order chi connectivity index (χ1) is 15.3. The molecule has 4 bridgehead atoms. The zero-order chi connectivity index (χ0) is 22.5. The fourth-order valence-corrected chi connectivity index (χ4v) is 6.92. The lowest BCUT2D eigenvalue weighted by Gasteiger charge is -2.58. The molecular formula is C24H35N5O3. The highest BCUT2D eigenvalue weighted by Crippen LogP contribution is 2.55. The summed E-state index contributed by atoms with van der Waals surface area (Å²) in [5.74, 6) is 1.85. The van der Waals surface area contributed by atoms with E-state index in [0.29, 0.717) is 29.3 Å². The fraction of sp³-hybridized carbons (Fsp3) is 0.750. The van der Waals surface area contributed by atoms with Crippen molar-refractivity contribution in [1.82, 2.24) is 20.2 Å². The maximum Gasteiger partial charge on any atom is 0.254 e. The number of rotatable bonds is 6. The quantitative estimate of drug-likeness (QED) is 0.625. The van der Waals surface area contributed by atoms with Crippen LogP contribution in [0.2, 0.25) is 0 Å². The van der Waals surface area contributed by atoms with E-state index in [-0.39, 0.29) is 30.3 Å². The third kappa shape index (κ3) is 4.09. The van der Waals surface area contributed by atoms with Gasteiger partial charge in [-0.25, -0.2) is 9.97 Å². The lowest BCUT2D eigenvalue weighted by Crippen LogP contribution is -2.61. The van der Waals surface area contributed by atoms with Gasteiger partial charge < -0.3 is 20.6 Å². The van der Waals surface area contributed by atoms with Crippen LogP contribution in [0.15, 0.2) is 6.20 Å². The lowest BCUT2D eigenvalue weighted by atomic mass is 9.52. The van der Waals surface area contributed by atoms with Crippen LogP contribution < -0.4 is 10.6 Å². The minimum Gasteiger partial charge on any atom is -0.390 e. The molecule has 3 N–H and O–H groups in total. The second kappa shape index (κ2) is 8.28. The molecule has 2 amide bonds. The number of hydrogen-bond acceptors (Lipinski definition) is 6. The van der Waals surface area contributed by atoms with E-state index in [9.17, 15) is 14.7 Å². The predicted molar refractivity (Wildman–Crippen MR) is 120 cm³/mol. The van der Waals surface area contributed by atoms with Gasteiger partial charge in [0, 0.05) is 32.3 Å². The van der Waals surface area contributed by atoms with Crippen LogP contribution in [0.4, 0.5) is 5.95 Å². The highest BCUT2D eigenvalue weighted by atomic mass is 16.3. The van der Waals surface area contributed by atoms with Crippen LogP contribution in [0.3, 0.4) is 0 Å². The Bertz CT molecular complexity index is 882. The molecule has 0 aromatic carbocycles. The molecule has 0 aliphatic heterocycles. The van der Waals surface area contributed by atoms with Gasteiger partial charge in [0.2, 0.25) is 11.9 Å². The minimum absolute atomic E-state index is 0.0543. The maximum atomic E-state index is 13.4. The van der Waals surface area contributed by atoms with Gasteiger partial charge in [-0.1, -0.05) is 12.8 Å². The fourth-order valence-electron chi connectivity index (χ4n) is 6.92. The molecule has 1 aromatic heterocycles. The number of hydrogen-bond donors (Lipinski definition) is 3. The van der Waals surface area contributed by atoms with E-state index in [1.54, 1.807) is 20.3 Å². The lowest BCUT2D eigenvalue weighted by molar-refractivity contribution is -0.137. The Kier molecular flexibility index (Phi) is 5.60. The molecule has 8 nitrogen and oxygen atoms in total. The maximum absolute atomic E-state index is 13.4. The topological polar surface area (TPSA) is 107 Å². The average Bonchev–Trinajstić information content (AvgIpc) is 3.28. The molecule has 1 aromatic rings. The van der Waals surface area contributed by atoms with Crippen molar-refractivity contribution < 1.29 is 14.7 Å². The summed E-state index contributed by atoms with van der Waals surface area (Å²) in [6, 6.07) is 0.131. The first-order valence-corrected chi connectivity index (χ1v) is 12.2. The standard InChI is InChI=1S/C24H35N5O3/c1-29(2)19(30)13-26-23-25-12-18(21(28-23)15-5-3-4-6-15)22(31)27-20-16-7-14-8-17(20)11-24(32,9-14)10-16/h12,14-17,20,32H,3-11,13H2,1-2H3,(H,27,31)(H,25,26,28)/t14?,16?,17?,20-,24+. The van der Waals surface area contributed by atoms with Gasteiger partial charge in [0.05, 0.1) is 23.4 Å². The van der Waals surface area contributed by atoms with Crippen LogP contribution in [-0.2, 0) is 4.79 Å². The van der Waals surface area contributed by atoms with Gasteiger partial charge >= 0.3 is 0 Å². The normalized spacial score (nSPS) is 33.3. The van der Waals surface area contributed by atoms with Crippen molar-refractivity contribution in [2.45, 2.75) is 75.3 Å². The Hall–Kier alpha value is -2.22. The first-order valence-electron chi connectivity index (χ1n) is 12.2. The summed E-state index contributed by atoms with van der Waals surface area (Å²) in [6.45, 7) is 0.123. The van der Waals surface area contributed by atoms with E-state index < -0.39 is 5.60 Å². The number of amides is 2. The smallest absolute Gasteiger partial charge is 0.254 e. The molecular weight excluding hydrogens is 406 g/mol. The number of aliphatic hydroxyl groups is 1. The summed E-state index contributed by atoms with van der Waals surface area (Å²) in [4.78, 5) is 35.9. The highest BCUT2D eigenvalue weighted by molar-refractivity contribution is 5.95. The van der Waals surface area contributed by atoms with E-state index in [0.717, 1.165) is 63.5 Å². The number of anilines is 1. The third-order valence-corrected chi connectivity index (χ3v) is 8.24. The van der Waals surface area contributed by atoms with E-state index in [1.165, 1.54) is 4.90 Å². The van der Waals surface area contributed by atoms with Crippen molar-refractivity contribution in [3.63, 3.8) is 0 Å². The molecule has 32 heavy (non-hydrogen) atoms. The predicted octanol–water partition coefficient (Wildman–Crippen LogP) is 2.30. The Balaban J connectivity index is 1.34. The van der Waals surface area contributed by atoms with Gasteiger partial charge in [-0.05, 0) is 62.7 Å². The van der Waals surface area contributed by atoms with Crippen LogP contribution in [0.25, 0.3) is 0 Å². The number of carbonyl (C=O) groups excluding carboxylic acids is 2. The van der Waals surface area contributed by atoms with Gasteiger partial charge in [0.25, 0.3) is 5.91 Å². The monoisotopic (exact) mass is 441 g/mol. The third-order valence-electron chi connectivity index (χ3n) is 8.24. The molecule has 5 aliphatic rings. The van der Waals surface area contributed by atoms with Crippen molar-refractivity contribution in [3.05, 3.63) is 17.5 Å². The largest absolute Gasteiger partial charge is 0.390 e. The van der Waals surface area contributed by atoms with E-state index in [1.807, 2.05) is 0 Å². The summed E-state index contributed by atoms with van der Waals surface area (Å²) in [5, 5.41) is 17.2. The molecule has 1 heterocycles. The highest BCUT2D eigenvalue weighted by Gasteiger charge is 2.55. The number of carbonyl (C=O) groups is 2. The number of nitrogens with one attached hydrogen (secondary N) is 2. The molecule has 8 heteroatoms. The molecule has 2 unspecified atom stereocenters. The van der Waals surface area contributed by atoms with Gasteiger partial charge in [0.15, 0.2) is 0 Å². The van der Waals surface area contributed by atoms with Crippen molar-refractivity contribution in [2.24, 2.45) is 17.8 Å². The van der Waals surface area contributed by atoms with E-state index in [2.05, 4.69) is 15.6 Å². The summed E-state index contributed by atoms with van der Waals surface area (Å²) in [7, 11) is 3.43. The second-order valence-corrected chi connectivity index (χ2v) is 10.8. The second-order valence-electron chi connectivity index (χ2n) is 10.8. The molecule has 2 atom stereocenters. The van der Waals surface area contributed by atoms with Gasteiger partial charge in [-0.2, -0.15) is 0 Å². The Morgan fingerprint density at radius 2 is 1.84 bits per heavy atom. The van der Waals surface area contributed by atoms with E-state index in [4.69, 9.17) is 4.98 Å². The van der Waals surface area contributed by atoms with Crippen molar-refractivity contribution in [3.8, 4) is 0 Å². The van der Waals surface area contributed by atoms with Gasteiger partial charge in [0.1, 0.15) is 0 Å². The molecule has 6 rings (SSSR count). The van der Waals surface area contributed by atoms with Crippen molar-refractivity contribution in [1.29, 1.82) is 0 Å². The Labute approximate surface area is 189 Å². The molecule has 174 valence electrons.